The van der Waals surface area contributed by atoms with E-state index < -0.39 is 5.97 Å². The van der Waals surface area contributed by atoms with Crippen LogP contribution in [0.2, 0.25) is 0 Å². The van der Waals surface area contributed by atoms with E-state index in [4.69, 9.17) is 21.7 Å². The molecule has 0 amide bonds. The number of nitrogens with one attached hydrogen (secondary N) is 1. The quantitative estimate of drug-likeness (QED) is 0.204. The van der Waals surface area contributed by atoms with Gasteiger partial charge >= 0.3 is 5.97 Å². The molecule has 30 heavy (non-hydrogen) atoms. The summed E-state index contributed by atoms with van der Waals surface area (Å²) in [6.45, 7) is 0. The van der Waals surface area contributed by atoms with E-state index in [1.54, 1.807) is 41.2 Å². The average Bonchev–Trinajstić information content (AvgIpc) is 3.44. The van der Waals surface area contributed by atoms with Gasteiger partial charge in [-0.25, -0.2) is 9.89 Å². The molecule has 2 aromatic carbocycles. The fraction of sp³-hybridized carbons (Fsp3) is 0.0476. The van der Waals surface area contributed by atoms with Gasteiger partial charge in [-0.3, -0.25) is 0 Å². The largest absolute Gasteiger partial charge is 0.493 e. The van der Waals surface area contributed by atoms with Crippen molar-refractivity contribution in [1.82, 2.24) is 14.9 Å². The number of aromatic amines is 1. The van der Waals surface area contributed by atoms with Crippen LogP contribution in [0.15, 0.2) is 71.1 Å². The number of hydrogen-bond donors (Lipinski definition) is 1. The number of nitrogens with zero attached hydrogens (tertiary/aromatic N) is 3. The molecule has 1 N–H and O–H groups in total. The Bertz CT molecular complexity index is 1250. The molecule has 7 nitrogen and oxygen atoms in total. The molecule has 150 valence electrons. The normalized spacial score (nSPS) is 11.0. The van der Waals surface area contributed by atoms with Gasteiger partial charge in [0, 0.05) is 5.56 Å². The molecule has 4 rings (SSSR count). The average molecular weight is 437 g/mol. The molecule has 0 unspecified atom stereocenters. The Morgan fingerprint density at radius 2 is 2.00 bits per heavy atom. The third-order valence-corrected chi connectivity index (χ3v) is 5.23. The van der Waals surface area contributed by atoms with Gasteiger partial charge in [0.2, 0.25) is 4.77 Å². The number of methoxy groups -OCH3 is 1. The van der Waals surface area contributed by atoms with Crippen molar-refractivity contribution in [3.8, 4) is 22.9 Å². The van der Waals surface area contributed by atoms with Crippen molar-refractivity contribution in [2.75, 3.05) is 7.11 Å². The fourth-order valence-corrected chi connectivity index (χ4v) is 3.47. The zero-order valence-corrected chi connectivity index (χ0v) is 17.4. The lowest BCUT2D eigenvalue weighted by Gasteiger charge is -2.09. The van der Waals surface area contributed by atoms with Gasteiger partial charge in [-0.1, -0.05) is 36.4 Å². The number of rotatable bonds is 6. The highest BCUT2D eigenvalue weighted by Crippen LogP contribution is 2.29. The van der Waals surface area contributed by atoms with E-state index in [1.807, 2.05) is 35.7 Å². The van der Waals surface area contributed by atoms with Crippen LogP contribution in [-0.4, -0.2) is 34.2 Å². The lowest BCUT2D eigenvalue weighted by Crippen LogP contribution is -2.07. The number of carbonyl (C=O) groups is 1. The molecule has 0 atom stereocenters. The van der Waals surface area contributed by atoms with Crippen molar-refractivity contribution in [1.29, 1.82) is 0 Å². The zero-order chi connectivity index (χ0) is 20.9. The second kappa shape index (κ2) is 8.85. The van der Waals surface area contributed by atoms with Gasteiger partial charge in [-0.2, -0.15) is 14.9 Å². The van der Waals surface area contributed by atoms with Gasteiger partial charge in [-0.05, 0) is 47.4 Å². The van der Waals surface area contributed by atoms with E-state index in [1.165, 1.54) is 18.4 Å². The maximum Gasteiger partial charge on any atom is 0.353 e. The molecule has 2 heterocycles. The zero-order valence-electron chi connectivity index (χ0n) is 15.8. The smallest absolute Gasteiger partial charge is 0.353 e. The topological polar surface area (TPSA) is 81.5 Å². The Labute approximate surface area is 181 Å². The highest BCUT2D eigenvalue weighted by molar-refractivity contribution is 7.71. The van der Waals surface area contributed by atoms with Crippen LogP contribution in [0.4, 0.5) is 0 Å². The number of carbonyl (C=O) groups excluding carboxylic acids is 1. The lowest BCUT2D eigenvalue weighted by atomic mass is 10.2. The SMILES string of the molecule is COc1cc(/C=N/n2c(-c3ccccc3)n[nH]c2=S)ccc1OC(=O)c1cccs1. The highest BCUT2D eigenvalue weighted by atomic mass is 32.1. The standard InChI is InChI=1S/C21H16N4O3S2/c1-27-17-12-14(9-10-16(17)28-20(26)18-8-5-11-30-18)13-22-25-19(23-24-21(25)29)15-6-3-2-4-7-15/h2-13H,1H3,(H,24,29)/b22-13+. The summed E-state index contributed by atoms with van der Waals surface area (Å²) in [5, 5.41) is 13.3. The van der Waals surface area contributed by atoms with Gasteiger partial charge in [0.05, 0.1) is 13.3 Å². The molecule has 0 saturated carbocycles. The molecule has 0 bridgehead atoms. The van der Waals surface area contributed by atoms with Crippen molar-refractivity contribution in [2.45, 2.75) is 0 Å². The second-order valence-electron chi connectivity index (χ2n) is 6.05. The van der Waals surface area contributed by atoms with Crippen molar-refractivity contribution in [2.24, 2.45) is 5.10 Å². The number of benzene rings is 2. The van der Waals surface area contributed by atoms with Crippen molar-refractivity contribution in [3.05, 3.63) is 81.3 Å². The van der Waals surface area contributed by atoms with Gasteiger partial charge in [0.15, 0.2) is 17.3 Å². The summed E-state index contributed by atoms with van der Waals surface area (Å²) in [7, 11) is 1.51. The third kappa shape index (κ3) is 4.22. The molecule has 0 spiro atoms. The summed E-state index contributed by atoms with van der Waals surface area (Å²) in [6.07, 6.45) is 1.63. The Balaban J connectivity index is 1.59. The molecule has 4 aromatic rings. The summed E-state index contributed by atoms with van der Waals surface area (Å²) in [4.78, 5) is 12.7. The van der Waals surface area contributed by atoms with E-state index in [-0.39, 0.29) is 0 Å². The molecule has 0 radical (unpaired) electrons. The summed E-state index contributed by atoms with van der Waals surface area (Å²) >= 11 is 6.61. The maximum absolute atomic E-state index is 12.2. The first-order valence-corrected chi connectivity index (χ1v) is 10.2. The predicted molar refractivity (Wildman–Crippen MR) is 118 cm³/mol. The predicted octanol–water partition coefficient (Wildman–Crippen LogP) is 4.78. The molecule has 0 aliphatic heterocycles. The molecule has 0 fully saturated rings. The van der Waals surface area contributed by atoms with E-state index in [0.29, 0.717) is 27.0 Å². The number of ether oxygens (including phenoxy) is 2. The summed E-state index contributed by atoms with van der Waals surface area (Å²) in [5.74, 6) is 0.924. The molecule has 0 saturated heterocycles. The van der Waals surface area contributed by atoms with E-state index in [2.05, 4.69) is 15.3 Å². The van der Waals surface area contributed by atoms with Crippen molar-refractivity contribution in [3.63, 3.8) is 0 Å². The molecule has 2 aromatic heterocycles. The second-order valence-corrected chi connectivity index (χ2v) is 7.39. The van der Waals surface area contributed by atoms with E-state index in [0.717, 1.165) is 11.1 Å². The number of esters is 1. The Hall–Kier alpha value is -3.56. The van der Waals surface area contributed by atoms with E-state index in [9.17, 15) is 4.79 Å². The minimum atomic E-state index is -0.429. The number of hydrogen-bond acceptors (Lipinski definition) is 7. The van der Waals surface area contributed by atoms with Gasteiger partial charge in [-0.15, -0.1) is 11.3 Å². The highest BCUT2D eigenvalue weighted by Gasteiger charge is 2.13. The van der Waals surface area contributed by atoms with Crippen LogP contribution in [-0.2, 0) is 0 Å². The van der Waals surface area contributed by atoms with Crippen LogP contribution in [0.25, 0.3) is 11.4 Å². The van der Waals surface area contributed by atoms with Crippen LogP contribution < -0.4 is 9.47 Å². The first-order chi connectivity index (χ1) is 14.7. The first kappa shape index (κ1) is 19.7. The molecular formula is C21H16N4O3S2. The minimum absolute atomic E-state index is 0.331. The Morgan fingerprint density at radius 1 is 1.17 bits per heavy atom. The monoisotopic (exact) mass is 436 g/mol. The minimum Gasteiger partial charge on any atom is -0.493 e. The van der Waals surface area contributed by atoms with Crippen LogP contribution in [0.5, 0.6) is 11.5 Å². The fourth-order valence-electron chi connectivity index (χ4n) is 2.69. The maximum atomic E-state index is 12.2. The summed E-state index contributed by atoms with van der Waals surface area (Å²) < 4.78 is 12.7. The molecule has 0 aliphatic carbocycles. The van der Waals surface area contributed by atoms with Gasteiger partial charge < -0.3 is 9.47 Å². The van der Waals surface area contributed by atoms with Gasteiger partial charge in [0.25, 0.3) is 0 Å². The number of thiophene rings is 1. The number of aromatic nitrogens is 3. The van der Waals surface area contributed by atoms with Crippen LogP contribution in [0, 0.1) is 4.77 Å². The first-order valence-electron chi connectivity index (χ1n) is 8.86. The van der Waals surface area contributed by atoms with Crippen LogP contribution >= 0.6 is 23.6 Å². The van der Waals surface area contributed by atoms with Crippen molar-refractivity contribution >= 4 is 35.7 Å². The Kier molecular flexibility index (Phi) is 5.82. The molecule has 0 aliphatic rings. The van der Waals surface area contributed by atoms with Crippen molar-refractivity contribution < 1.29 is 14.3 Å². The molecule has 9 heteroatoms. The number of H-pyrrole nitrogens is 1. The van der Waals surface area contributed by atoms with Crippen LogP contribution in [0.1, 0.15) is 15.2 Å². The van der Waals surface area contributed by atoms with Gasteiger partial charge in [0.1, 0.15) is 4.88 Å². The van der Waals surface area contributed by atoms with Crippen LogP contribution in [0.3, 0.4) is 0 Å². The lowest BCUT2D eigenvalue weighted by molar-refractivity contribution is 0.0735. The molecular weight excluding hydrogens is 420 g/mol. The Morgan fingerprint density at radius 3 is 2.73 bits per heavy atom. The third-order valence-electron chi connectivity index (χ3n) is 4.12. The summed E-state index contributed by atoms with van der Waals surface area (Å²) in [6, 6.07) is 18.3. The summed E-state index contributed by atoms with van der Waals surface area (Å²) in [5.41, 5.74) is 1.63. The van der Waals surface area contributed by atoms with E-state index >= 15 is 0 Å².